The van der Waals surface area contributed by atoms with E-state index in [1.807, 2.05) is 48.5 Å². The van der Waals surface area contributed by atoms with Gasteiger partial charge in [0.25, 0.3) is 0 Å². The predicted octanol–water partition coefficient (Wildman–Crippen LogP) is 2.84. The van der Waals surface area contributed by atoms with Crippen LogP contribution in [0.3, 0.4) is 0 Å². The molecule has 0 bridgehead atoms. The van der Waals surface area contributed by atoms with E-state index < -0.39 is 6.09 Å². The van der Waals surface area contributed by atoms with Crippen molar-refractivity contribution >= 4 is 23.8 Å². The quantitative estimate of drug-likeness (QED) is 0.799. The molecule has 3 amide bonds. The zero-order valence-electron chi connectivity index (χ0n) is 17.4. The second-order valence-corrected chi connectivity index (χ2v) is 7.72. The van der Waals surface area contributed by atoms with E-state index in [0.29, 0.717) is 32.6 Å². The number of anilines is 1. The topological polar surface area (TPSA) is 88.2 Å². The number of ether oxygens (including phenoxy) is 2. The Bertz CT molecular complexity index is 978. The normalized spacial score (nSPS) is 17.7. The highest BCUT2D eigenvalue weighted by Gasteiger charge is 2.33. The zero-order valence-corrected chi connectivity index (χ0v) is 17.4. The van der Waals surface area contributed by atoms with Crippen LogP contribution in [0.2, 0.25) is 0 Å². The molecule has 1 fully saturated rings. The number of cyclic esters (lactones) is 1. The van der Waals surface area contributed by atoms with Crippen molar-refractivity contribution in [2.45, 2.75) is 32.6 Å². The third-order valence-electron chi connectivity index (χ3n) is 5.43. The molecule has 1 saturated heterocycles. The van der Waals surface area contributed by atoms with E-state index in [2.05, 4.69) is 5.32 Å². The van der Waals surface area contributed by atoms with Gasteiger partial charge in [0.15, 0.2) is 0 Å². The molecule has 0 radical (unpaired) electrons. The Morgan fingerprint density at radius 1 is 1.16 bits per heavy atom. The second kappa shape index (κ2) is 9.07. The van der Waals surface area contributed by atoms with Crippen molar-refractivity contribution in [1.82, 2.24) is 10.2 Å². The van der Waals surface area contributed by atoms with Crippen molar-refractivity contribution in [2.24, 2.45) is 0 Å². The van der Waals surface area contributed by atoms with Crippen molar-refractivity contribution in [3.05, 3.63) is 65.2 Å². The van der Waals surface area contributed by atoms with Gasteiger partial charge in [0, 0.05) is 25.7 Å². The lowest BCUT2D eigenvalue weighted by molar-refractivity contribution is -0.119. The van der Waals surface area contributed by atoms with Gasteiger partial charge in [0.05, 0.1) is 13.1 Å². The smallest absolute Gasteiger partial charge is 0.414 e. The summed E-state index contributed by atoms with van der Waals surface area (Å²) in [7, 11) is 0. The lowest BCUT2D eigenvalue weighted by atomic mass is 9.99. The molecule has 8 nitrogen and oxygen atoms in total. The number of rotatable bonds is 5. The molecule has 0 saturated carbocycles. The van der Waals surface area contributed by atoms with E-state index >= 15 is 0 Å². The highest BCUT2D eigenvalue weighted by Crippen LogP contribution is 2.28. The Morgan fingerprint density at radius 3 is 2.74 bits per heavy atom. The van der Waals surface area contributed by atoms with Gasteiger partial charge in [-0.1, -0.05) is 36.4 Å². The number of fused-ring (bicyclic) bond motifs is 1. The molecule has 31 heavy (non-hydrogen) atoms. The lowest BCUT2D eigenvalue weighted by Crippen LogP contribution is -2.36. The Morgan fingerprint density at radius 2 is 1.97 bits per heavy atom. The third kappa shape index (κ3) is 4.96. The molecule has 8 heteroatoms. The first-order chi connectivity index (χ1) is 15.0. The van der Waals surface area contributed by atoms with Crippen molar-refractivity contribution in [3.8, 4) is 0 Å². The van der Waals surface area contributed by atoms with E-state index in [1.54, 1.807) is 9.80 Å². The van der Waals surface area contributed by atoms with Crippen LogP contribution >= 0.6 is 0 Å². The molecule has 162 valence electrons. The summed E-state index contributed by atoms with van der Waals surface area (Å²) in [6, 6.07) is 15.4. The average molecular weight is 423 g/mol. The van der Waals surface area contributed by atoms with Crippen molar-refractivity contribution in [1.29, 1.82) is 0 Å². The number of carbonyl (C=O) groups excluding carboxylic acids is 3. The molecule has 2 aromatic rings. The summed E-state index contributed by atoms with van der Waals surface area (Å²) in [5.74, 6) is -0.157. The van der Waals surface area contributed by atoms with E-state index in [-0.39, 0.29) is 24.7 Å². The fourth-order valence-electron chi connectivity index (χ4n) is 3.77. The molecule has 0 spiro atoms. The van der Waals surface area contributed by atoms with Gasteiger partial charge in [-0.05, 0) is 35.2 Å². The second-order valence-electron chi connectivity index (χ2n) is 7.72. The van der Waals surface area contributed by atoms with Crippen LogP contribution in [0.4, 0.5) is 15.3 Å². The zero-order chi connectivity index (χ0) is 21.8. The Kier molecular flexibility index (Phi) is 6.06. The maximum Gasteiger partial charge on any atom is 0.414 e. The highest BCUT2D eigenvalue weighted by atomic mass is 16.6. The first-order valence-electron chi connectivity index (χ1n) is 10.3. The number of hydrogen-bond donors (Lipinski definition) is 1. The summed E-state index contributed by atoms with van der Waals surface area (Å²) in [6.45, 7) is 3.38. The van der Waals surface area contributed by atoms with Gasteiger partial charge in [-0.15, -0.1) is 0 Å². The maximum absolute atomic E-state index is 12.5. The third-order valence-corrected chi connectivity index (χ3v) is 5.43. The SMILES string of the molecule is CC(=O)NC[C@H]1CN(c2ccc3c(c2)CCN(C(=O)OCc2ccccc2)C3)C(=O)O1. The van der Waals surface area contributed by atoms with E-state index in [9.17, 15) is 14.4 Å². The van der Waals surface area contributed by atoms with E-state index in [0.717, 1.165) is 22.4 Å². The number of carbonyl (C=O) groups is 3. The molecule has 4 rings (SSSR count). The summed E-state index contributed by atoms with van der Waals surface area (Å²) < 4.78 is 10.8. The molecule has 2 heterocycles. The van der Waals surface area contributed by atoms with Crippen LogP contribution < -0.4 is 10.2 Å². The monoisotopic (exact) mass is 423 g/mol. The fourth-order valence-corrected chi connectivity index (χ4v) is 3.77. The summed E-state index contributed by atoms with van der Waals surface area (Å²) in [5, 5.41) is 2.67. The van der Waals surface area contributed by atoms with Gasteiger partial charge in [-0.3, -0.25) is 9.69 Å². The number of nitrogens with one attached hydrogen (secondary N) is 1. The first kappa shape index (κ1) is 20.7. The van der Waals surface area contributed by atoms with Crippen molar-refractivity contribution in [2.75, 3.05) is 24.5 Å². The van der Waals surface area contributed by atoms with Gasteiger partial charge >= 0.3 is 12.2 Å². The number of hydrogen-bond acceptors (Lipinski definition) is 5. The molecule has 1 N–H and O–H groups in total. The molecule has 0 aliphatic carbocycles. The minimum absolute atomic E-state index is 0.157. The molecule has 0 unspecified atom stereocenters. The Balaban J connectivity index is 1.36. The molecule has 2 aliphatic rings. The molecular formula is C23H25N3O5. The van der Waals surface area contributed by atoms with E-state index in [1.165, 1.54) is 6.92 Å². The van der Waals surface area contributed by atoms with Crippen LogP contribution in [-0.2, 0) is 33.8 Å². The maximum atomic E-state index is 12.5. The lowest BCUT2D eigenvalue weighted by Gasteiger charge is -2.29. The van der Waals surface area contributed by atoms with Crippen molar-refractivity contribution in [3.63, 3.8) is 0 Å². The standard InChI is InChI=1S/C23H25N3O5/c1-16(27)24-12-21-14-26(23(29)31-21)20-8-7-19-13-25(10-9-18(19)11-20)22(28)30-15-17-5-3-2-4-6-17/h2-8,11,21H,9-10,12-15H2,1H3,(H,24,27)/t21-/m0/s1. The van der Waals surface area contributed by atoms with Gasteiger partial charge in [0.1, 0.15) is 12.7 Å². The minimum Gasteiger partial charge on any atom is -0.445 e. The molecule has 2 aromatic carbocycles. The van der Waals surface area contributed by atoms with Crippen LogP contribution in [-0.4, -0.2) is 48.7 Å². The van der Waals surface area contributed by atoms with Crippen LogP contribution in [0.1, 0.15) is 23.6 Å². The van der Waals surface area contributed by atoms with Crippen LogP contribution in [0.15, 0.2) is 48.5 Å². The minimum atomic E-state index is -0.419. The van der Waals surface area contributed by atoms with Crippen molar-refractivity contribution < 1.29 is 23.9 Å². The largest absolute Gasteiger partial charge is 0.445 e. The summed E-state index contributed by atoms with van der Waals surface area (Å²) in [5.41, 5.74) is 3.85. The Hall–Kier alpha value is -3.55. The molecule has 0 aromatic heterocycles. The van der Waals surface area contributed by atoms with Crippen LogP contribution in [0.25, 0.3) is 0 Å². The Labute approximate surface area is 180 Å². The van der Waals surface area contributed by atoms with Gasteiger partial charge in [-0.2, -0.15) is 0 Å². The molecular weight excluding hydrogens is 398 g/mol. The summed E-state index contributed by atoms with van der Waals surface area (Å²) in [4.78, 5) is 39.0. The first-order valence-corrected chi connectivity index (χ1v) is 10.3. The predicted molar refractivity (Wildman–Crippen MR) is 113 cm³/mol. The number of nitrogens with zero attached hydrogens (tertiary/aromatic N) is 2. The summed E-state index contributed by atoms with van der Waals surface area (Å²) in [6.07, 6.45) is -0.441. The average Bonchev–Trinajstić information content (AvgIpc) is 3.16. The fraction of sp³-hybridized carbons (Fsp3) is 0.348. The van der Waals surface area contributed by atoms with Gasteiger partial charge in [0.2, 0.25) is 5.91 Å². The highest BCUT2D eigenvalue weighted by molar-refractivity contribution is 5.90. The summed E-state index contributed by atoms with van der Waals surface area (Å²) >= 11 is 0. The number of benzene rings is 2. The van der Waals surface area contributed by atoms with Crippen LogP contribution in [0.5, 0.6) is 0 Å². The molecule has 1 atom stereocenters. The van der Waals surface area contributed by atoms with Crippen LogP contribution in [0, 0.1) is 0 Å². The van der Waals surface area contributed by atoms with Gasteiger partial charge < -0.3 is 19.7 Å². The van der Waals surface area contributed by atoms with Gasteiger partial charge in [-0.25, -0.2) is 9.59 Å². The van der Waals surface area contributed by atoms with E-state index in [4.69, 9.17) is 9.47 Å². The number of amides is 3. The molecule has 2 aliphatic heterocycles.